The highest BCUT2D eigenvalue weighted by atomic mass is 79.9. The van der Waals surface area contributed by atoms with E-state index in [1.165, 1.54) is 16.4 Å². The zero-order valence-electron chi connectivity index (χ0n) is 12.3. The Morgan fingerprint density at radius 2 is 2.18 bits per heavy atom. The second-order valence-electron chi connectivity index (χ2n) is 5.15. The number of benzene rings is 1. The predicted octanol–water partition coefficient (Wildman–Crippen LogP) is 1.60. The second-order valence-corrected chi connectivity index (χ2v) is 8.00. The smallest absolute Gasteiger partial charge is 0.338 e. The molecule has 0 aliphatic carbocycles. The van der Waals surface area contributed by atoms with Gasteiger partial charge in [-0.1, -0.05) is 15.9 Å². The maximum absolute atomic E-state index is 12.7. The van der Waals surface area contributed by atoms with E-state index in [1.54, 1.807) is 13.0 Å². The lowest BCUT2D eigenvalue weighted by Crippen LogP contribution is -2.30. The SMILES string of the molecule is CCOC(=O)c1cc(Br)cc(S(=O)(=O)N2CCC(CN)C2)c1. The lowest BCUT2D eigenvalue weighted by molar-refractivity contribution is 0.0526. The van der Waals surface area contributed by atoms with E-state index in [-0.39, 0.29) is 23.0 Å². The van der Waals surface area contributed by atoms with E-state index in [0.29, 0.717) is 24.1 Å². The molecular weight excluding hydrogens is 372 g/mol. The minimum absolute atomic E-state index is 0.0857. The second kappa shape index (κ2) is 7.08. The van der Waals surface area contributed by atoms with E-state index >= 15 is 0 Å². The summed E-state index contributed by atoms with van der Waals surface area (Å²) in [7, 11) is -3.64. The summed E-state index contributed by atoms with van der Waals surface area (Å²) < 4.78 is 32.2. The molecule has 1 heterocycles. The molecule has 0 saturated carbocycles. The van der Waals surface area contributed by atoms with E-state index < -0.39 is 16.0 Å². The quantitative estimate of drug-likeness (QED) is 0.770. The van der Waals surface area contributed by atoms with Crippen molar-refractivity contribution in [2.75, 3.05) is 26.2 Å². The fourth-order valence-corrected chi connectivity index (χ4v) is 4.65. The number of nitrogens with zero attached hydrogens (tertiary/aromatic N) is 1. The van der Waals surface area contributed by atoms with Crippen LogP contribution in [-0.4, -0.2) is 44.9 Å². The number of halogens is 1. The Morgan fingerprint density at radius 1 is 1.45 bits per heavy atom. The molecule has 0 amide bonds. The molecule has 0 spiro atoms. The first kappa shape index (κ1) is 17.4. The molecule has 6 nitrogen and oxygen atoms in total. The van der Waals surface area contributed by atoms with Crippen LogP contribution in [0, 0.1) is 5.92 Å². The molecule has 0 bridgehead atoms. The van der Waals surface area contributed by atoms with Crippen LogP contribution in [0.2, 0.25) is 0 Å². The fourth-order valence-electron chi connectivity index (χ4n) is 2.40. The van der Waals surface area contributed by atoms with Gasteiger partial charge in [-0.15, -0.1) is 0 Å². The zero-order chi connectivity index (χ0) is 16.3. The molecule has 1 saturated heterocycles. The minimum atomic E-state index is -3.64. The Labute approximate surface area is 138 Å². The highest BCUT2D eigenvalue weighted by molar-refractivity contribution is 9.10. The Hall–Kier alpha value is -0.960. The normalized spacial score (nSPS) is 19.3. The van der Waals surface area contributed by atoms with Crippen LogP contribution in [0.3, 0.4) is 0 Å². The third-order valence-electron chi connectivity index (χ3n) is 3.60. The van der Waals surface area contributed by atoms with Gasteiger partial charge in [0, 0.05) is 17.6 Å². The number of carbonyl (C=O) groups is 1. The molecule has 2 N–H and O–H groups in total. The topological polar surface area (TPSA) is 89.7 Å². The number of carbonyl (C=O) groups excluding carboxylic acids is 1. The molecule has 2 rings (SSSR count). The summed E-state index contributed by atoms with van der Waals surface area (Å²) in [6, 6.07) is 4.39. The van der Waals surface area contributed by atoms with Crippen LogP contribution in [0.25, 0.3) is 0 Å². The number of nitrogens with two attached hydrogens (primary N) is 1. The van der Waals surface area contributed by atoms with Crippen molar-refractivity contribution in [3.63, 3.8) is 0 Å². The van der Waals surface area contributed by atoms with Crippen LogP contribution in [-0.2, 0) is 14.8 Å². The largest absolute Gasteiger partial charge is 0.462 e. The molecule has 122 valence electrons. The summed E-state index contributed by atoms with van der Waals surface area (Å²) in [5, 5.41) is 0. The number of hydrogen-bond donors (Lipinski definition) is 1. The average molecular weight is 391 g/mol. The molecular formula is C14H19BrN2O4S. The van der Waals surface area contributed by atoms with Crippen molar-refractivity contribution >= 4 is 31.9 Å². The van der Waals surface area contributed by atoms with Crippen molar-refractivity contribution in [1.82, 2.24) is 4.31 Å². The van der Waals surface area contributed by atoms with Gasteiger partial charge in [0.1, 0.15) is 0 Å². The molecule has 22 heavy (non-hydrogen) atoms. The Bertz CT molecular complexity index is 663. The Kier molecular flexibility index (Phi) is 5.60. The van der Waals surface area contributed by atoms with Crippen LogP contribution in [0.5, 0.6) is 0 Å². The van der Waals surface area contributed by atoms with E-state index in [4.69, 9.17) is 10.5 Å². The molecule has 1 fully saturated rings. The summed E-state index contributed by atoms with van der Waals surface area (Å²) in [5.74, 6) is -0.354. The third-order valence-corrected chi connectivity index (χ3v) is 5.90. The van der Waals surface area contributed by atoms with Crippen LogP contribution in [0.4, 0.5) is 0 Å². The summed E-state index contributed by atoms with van der Waals surface area (Å²) in [5.41, 5.74) is 5.82. The number of hydrogen-bond acceptors (Lipinski definition) is 5. The lowest BCUT2D eigenvalue weighted by atomic mass is 10.1. The summed E-state index contributed by atoms with van der Waals surface area (Å²) in [4.78, 5) is 11.9. The maximum atomic E-state index is 12.7. The van der Waals surface area contributed by atoms with E-state index in [1.807, 2.05) is 0 Å². The molecule has 1 atom stereocenters. The number of ether oxygens (including phenoxy) is 1. The molecule has 1 aromatic rings. The van der Waals surface area contributed by atoms with Crippen LogP contribution >= 0.6 is 15.9 Å². The lowest BCUT2D eigenvalue weighted by Gasteiger charge is -2.17. The first-order valence-electron chi connectivity index (χ1n) is 7.06. The highest BCUT2D eigenvalue weighted by Gasteiger charge is 2.32. The standard InChI is InChI=1S/C14H19BrN2O4S/c1-2-21-14(18)11-5-12(15)7-13(6-11)22(19,20)17-4-3-10(8-16)9-17/h5-7,10H,2-4,8-9,16H2,1H3. The van der Waals surface area contributed by atoms with Crippen molar-refractivity contribution in [3.8, 4) is 0 Å². The zero-order valence-corrected chi connectivity index (χ0v) is 14.7. The fraction of sp³-hybridized carbons (Fsp3) is 0.500. The van der Waals surface area contributed by atoms with Crippen LogP contribution in [0.1, 0.15) is 23.7 Å². The van der Waals surface area contributed by atoms with Gasteiger partial charge in [-0.05, 0) is 44.0 Å². The van der Waals surface area contributed by atoms with Crippen molar-refractivity contribution < 1.29 is 17.9 Å². The summed E-state index contributed by atoms with van der Waals surface area (Å²) >= 11 is 3.25. The molecule has 1 aliphatic heterocycles. The minimum Gasteiger partial charge on any atom is -0.462 e. The van der Waals surface area contributed by atoms with E-state index in [0.717, 1.165) is 6.42 Å². The highest BCUT2D eigenvalue weighted by Crippen LogP contribution is 2.27. The summed E-state index contributed by atoms with van der Waals surface area (Å²) in [6.07, 6.45) is 0.758. The average Bonchev–Trinajstić information content (AvgIpc) is 2.96. The Balaban J connectivity index is 2.33. The number of rotatable bonds is 5. The first-order chi connectivity index (χ1) is 10.4. The maximum Gasteiger partial charge on any atom is 0.338 e. The molecule has 0 aromatic heterocycles. The van der Waals surface area contributed by atoms with Crippen molar-refractivity contribution in [2.45, 2.75) is 18.2 Å². The van der Waals surface area contributed by atoms with Gasteiger partial charge in [0.2, 0.25) is 10.0 Å². The van der Waals surface area contributed by atoms with Gasteiger partial charge in [0.25, 0.3) is 0 Å². The summed E-state index contributed by atoms with van der Waals surface area (Å²) in [6.45, 7) is 3.27. The monoisotopic (exact) mass is 390 g/mol. The van der Waals surface area contributed by atoms with Crippen molar-refractivity contribution in [2.24, 2.45) is 11.7 Å². The third kappa shape index (κ3) is 3.68. The van der Waals surface area contributed by atoms with Gasteiger partial charge in [0.15, 0.2) is 0 Å². The van der Waals surface area contributed by atoms with E-state index in [2.05, 4.69) is 15.9 Å². The first-order valence-corrected chi connectivity index (χ1v) is 9.29. The molecule has 0 radical (unpaired) electrons. The van der Waals surface area contributed by atoms with Gasteiger partial charge in [-0.3, -0.25) is 0 Å². The van der Waals surface area contributed by atoms with Gasteiger partial charge >= 0.3 is 5.97 Å². The van der Waals surface area contributed by atoms with Gasteiger partial charge in [0.05, 0.1) is 17.1 Å². The molecule has 1 aromatic carbocycles. The van der Waals surface area contributed by atoms with Crippen LogP contribution in [0.15, 0.2) is 27.6 Å². The van der Waals surface area contributed by atoms with Gasteiger partial charge in [-0.25, -0.2) is 13.2 Å². The van der Waals surface area contributed by atoms with Crippen molar-refractivity contribution in [3.05, 3.63) is 28.2 Å². The van der Waals surface area contributed by atoms with Crippen LogP contribution < -0.4 is 5.73 Å². The molecule has 8 heteroatoms. The van der Waals surface area contributed by atoms with Gasteiger partial charge in [-0.2, -0.15) is 4.31 Å². The molecule has 1 aliphatic rings. The van der Waals surface area contributed by atoms with Gasteiger partial charge < -0.3 is 10.5 Å². The number of esters is 1. The Morgan fingerprint density at radius 3 is 2.77 bits per heavy atom. The molecule has 1 unspecified atom stereocenters. The van der Waals surface area contributed by atoms with E-state index in [9.17, 15) is 13.2 Å². The number of sulfonamides is 1. The van der Waals surface area contributed by atoms with Crippen molar-refractivity contribution in [1.29, 1.82) is 0 Å². The predicted molar refractivity (Wildman–Crippen MR) is 86.0 cm³/mol.